The fraction of sp³-hybridized carbons (Fsp3) is 0.680. The van der Waals surface area contributed by atoms with Gasteiger partial charge in [0.15, 0.2) is 0 Å². The summed E-state index contributed by atoms with van der Waals surface area (Å²) in [6.07, 6.45) is 11.5. The Hall–Kier alpha value is -2.04. The van der Waals surface area contributed by atoms with Crippen molar-refractivity contribution in [1.29, 1.82) is 0 Å². The lowest BCUT2D eigenvalue weighted by molar-refractivity contribution is -0.0679. The molecule has 5 heteroatoms. The smallest absolute Gasteiger partial charge is 0.319 e. The molecule has 1 unspecified atom stereocenters. The molecule has 1 aromatic carbocycles. The number of amides is 3. The number of nitrogens with one attached hydrogen (secondary N) is 2. The minimum atomic E-state index is -0.131. The molecule has 6 rings (SSSR count). The molecular formula is C25H35N3O2. The van der Waals surface area contributed by atoms with Gasteiger partial charge < -0.3 is 15.5 Å². The number of hydrogen-bond donors (Lipinski definition) is 2. The van der Waals surface area contributed by atoms with Crippen LogP contribution in [0.3, 0.4) is 0 Å². The summed E-state index contributed by atoms with van der Waals surface area (Å²) in [5, 5.41) is 6.22. The van der Waals surface area contributed by atoms with Gasteiger partial charge in [0.2, 0.25) is 0 Å². The van der Waals surface area contributed by atoms with E-state index in [0.29, 0.717) is 11.0 Å². The fourth-order valence-corrected chi connectivity index (χ4v) is 7.20. The molecule has 4 bridgehead atoms. The quantitative estimate of drug-likeness (QED) is 0.732. The average molecular weight is 410 g/mol. The number of piperidine rings is 1. The van der Waals surface area contributed by atoms with Crippen LogP contribution in [0.1, 0.15) is 75.1 Å². The number of anilines is 1. The standard InChI is InChI=1S/C25H35N3O2/c1-17(25-14-18-11-19(15-25)13-20(12-18)16-25)26-24(30)27-22-7-5-21(6-8-22)23(29)28-9-3-2-4-10-28/h5-8,17-20H,2-4,9-16H2,1H3,(H2,26,27,30). The number of nitrogens with zero attached hydrogens (tertiary/aromatic N) is 1. The predicted molar refractivity (Wildman–Crippen MR) is 118 cm³/mol. The molecule has 5 aliphatic rings. The maximum Gasteiger partial charge on any atom is 0.319 e. The van der Waals surface area contributed by atoms with Gasteiger partial charge in [0.1, 0.15) is 0 Å². The summed E-state index contributed by atoms with van der Waals surface area (Å²) in [5.41, 5.74) is 1.74. The maximum absolute atomic E-state index is 12.7. The molecule has 5 fully saturated rings. The van der Waals surface area contributed by atoms with E-state index in [2.05, 4.69) is 17.6 Å². The number of carbonyl (C=O) groups excluding carboxylic acids is 2. The van der Waals surface area contributed by atoms with Crippen LogP contribution in [-0.2, 0) is 0 Å². The summed E-state index contributed by atoms with van der Waals surface area (Å²) in [6.45, 7) is 3.90. The normalized spacial score (nSPS) is 33.2. The molecule has 4 saturated carbocycles. The Labute approximate surface area is 180 Å². The summed E-state index contributed by atoms with van der Waals surface area (Å²) in [4.78, 5) is 27.2. The molecule has 1 heterocycles. The number of hydrogen-bond acceptors (Lipinski definition) is 2. The van der Waals surface area contributed by atoms with Crippen LogP contribution in [0.5, 0.6) is 0 Å². The second-order valence-electron chi connectivity index (χ2n) is 10.5. The summed E-state index contributed by atoms with van der Waals surface area (Å²) in [6, 6.07) is 7.40. The van der Waals surface area contributed by atoms with Crippen molar-refractivity contribution in [1.82, 2.24) is 10.2 Å². The SMILES string of the molecule is CC(NC(=O)Nc1ccc(C(=O)N2CCCCC2)cc1)C12CC3CC(CC(C3)C1)C2. The monoisotopic (exact) mass is 409 g/mol. The highest BCUT2D eigenvalue weighted by Gasteiger charge is 2.53. The van der Waals surface area contributed by atoms with E-state index < -0.39 is 0 Å². The third kappa shape index (κ3) is 3.83. The molecule has 0 aromatic heterocycles. The lowest BCUT2D eigenvalue weighted by Gasteiger charge is -2.59. The van der Waals surface area contributed by atoms with Gasteiger partial charge >= 0.3 is 6.03 Å². The summed E-state index contributed by atoms with van der Waals surface area (Å²) in [5.74, 6) is 2.75. The van der Waals surface area contributed by atoms with Crippen LogP contribution in [0.2, 0.25) is 0 Å². The Bertz CT molecular complexity index is 762. The van der Waals surface area contributed by atoms with E-state index in [1.165, 1.54) is 44.9 Å². The van der Waals surface area contributed by atoms with Crippen LogP contribution < -0.4 is 10.6 Å². The van der Waals surface area contributed by atoms with Crippen LogP contribution in [-0.4, -0.2) is 36.0 Å². The van der Waals surface area contributed by atoms with E-state index >= 15 is 0 Å². The third-order valence-corrected chi connectivity index (χ3v) is 8.38. The maximum atomic E-state index is 12.7. The molecule has 3 amide bonds. The summed E-state index contributed by atoms with van der Waals surface area (Å²) < 4.78 is 0. The van der Waals surface area contributed by atoms with Crippen molar-refractivity contribution in [3.8, 4) is 0 Å². The summed E-state index contributed by atoms with van der Waals surface area (Å²) >= 11 is 0. The van der Waals surface area contributed by atoms with Gasteiger partial charge in [-0.1, -0.05) is 0 Å². The van der Waals surface area contributed by atoms with Crippen molar-refractivity contribution in [3.05, 3.63) is 29.8 Å². The number of benzene rings is 1. The van der Waals surface area contributed by atoms with Crippen molar-refractivity contribution in [3.63, 3.8) is 0 Å². The second-order valence-corrected chi connectivity index (χ2v) is 10.5. The van der Waals surface area contributed by atoms with Crippen molar-refractivity contribution in [2.24, 2.45) is 23.2 Å². The van der Waals surface area contributed by atoms with Crippen molar-refractivity contribution in [2.45, 2.75) is 70.8 Å². The lowest BCUT2D eigenvalue weighted by atomic mass is 9.48. The van der Waals surface area contributed by atoms with Gasteiger partial charge in [-0.05, 0) is 112 Å². The summed E-state index contributed by atoms with van der Waals surface area (Å²) in [7, 11) is 0. The first kappa shape index (κ1) is 19.9. The predicted octanol–water partition coefficient (Wildman–Crippen LogP) is 5.04. The van der Waals surface area contributed by atoms with Crippen LogP contribution in [0.4, 0.5) is 10.5 Å². The van der Waals surface area contributed by atoms with Crippen molar-refractivity contribution in [2.75, 3.05) is 18.4 Å². The van der Waals surface area contributed by atoms with Gasteiger partial charge in [0, 0.05) is 30.4 Å². The minimum Gasteiger partial charge on any atom is -0.339 e. The molecule has 0 radical (unpaired) electrons. The molecule has 1 aromatic rings. The Balaban J connectivity index is 1.17. The van der Waals surface area contributed by atoms with Gasteiger partial charge in [0.05, 0.1) is 0 Å². The molecular weight excluding hydrogens is 374 g/mol. The van der Waals surface area contributed by atoms with Gasteiger partial charge in [-0.25, -0.2) is 4.79 Å². The Morgan fingerprint density at radius 2 is 1.50 bits per heavy atom. The third-order valence-electron chi connectivity index (χ3n) is 8.38. The molecule has 2 N–H and O–H groups in total. The van der Waals surface area contributed by atoms with E-state index in [4.69, 9.17) is 0 Å². The highest BCUT2D eigenvalue weighted by atomic mass is 16.2. The van der Waals surface area contributed by atoms with Gasteiger partial charge in [-0.15, -0.1) is 0 Å². The van der Waals surface area contributed by atoms with E-state index in [0.717, 1.165) is 49.4 Å². The number of likely N-dealkylation sites (tertiary alicyclic amines) is 1. The number of rotatable bonds is 4. The zero-order valence-electron chi connectivity index (χ0n) is 18.2. The molecule has 1 atom stereocenters. The van der Waals surface area contributed by atoms with Crippen LogP contribution >= 0.6 is 0 Å². The first-order chi connectivity index (χ1) is 14.5. The molecule has 5 nitrogen and oxygen atoms in total. The molecule has 162 valence electrons. The molecule has 4 aliphatic carbocycles. The first-order valence-electron chi connectivity index (χ1n) is 12.0. The largest absolute Gasteiger partial charge is 0.339 e. The molecule has 0 spiro atoms. The van der Waals surface area contributed by atoms with E-state index in [9.17, 15) is 9.59 Å². The van der Waals surface area contributed by atoms with Crippen LogP contribution in [0, 0.1) is 23.2 Å². The zero-order valence-corrected chi connectivity index (χ0v) is 18.2. The Morgan fingerprint density at radius 1 is 0.933 bits per heavy atom. The second kappa shape index (κ2) is 7.90. The molecule has 1 saturated heterocycles. The molecule has 1 aliphatic heterocycles. The van der Waals surface area contributed by atoms with E-state index in [1.54, 1.807) is 0 Å². The van der Waals surface area contributed by atoms with Crippen molar-refractivity contribution < 1.29 is 9.59 Å². The van der Waals surface area contributed by atoms with Crippen molar-refractivity contribution >= 4 is 17.6 Å². The fourth-order valence-electron chi connectivity index (χ4n) is 7.20. The molecule has 30 heavy (non-hydrogen) atoms. The van der Waals surface area contributed by atoms with E-state index in [1.807, 2.05) is 29.2 Å². The minimum absolute atomic E-state index is 0.0983. The highest BCUT2D eigenvalue weighted by molar-refractivity contribution is 5.95. The highest BCUT2D eigenvalue weighted by Crippen LogP contribution is 2.61. The lowest BCUT2D eigenvalue weighted by Crippen LogP contribution is -2.56. The van der Waals surface area contributed by atoms with E-state index in [-0.39, 0.29) is 18.0 Å². The van der Waals surface area contributed by atoms with Crippen LogP contribution in [0.15, 0.2) is 24.3 Å². The van der Waals surface area contributed by atoms with Gasteiger partial charge in [0.25, 0.3) is 5.91 Å². The van der Waals surface area contributed by atoms with Gasteiger partial charge in [-0.3, -0.25) is 4.79 Å². The average Bonchev–Trinajstić information content (AvgIpc) is 2.73. The van der Waals surface area contributed by atoms with Crippen LogP contribution in [0.25, 0.3) is 0 Å². The zero-order chi connectivity index (χ0) is 20.7. The first-order valence-corrected chi connectivity index (χ1v) is 12.0. The number of urea groups is 1. The Kier molecular flexibility index (Phi) is 5.24. The number of carbonyl (C=O) groups is 2. The Morgan fingerprint density at radius 3 is 2.07 bits per heavy atom. The topological polar surface area (TPSA) is 61.4 Å². The van der Waals surface area contributed by atoms with Gasteiger partial charge in [-0.2, -0.15) is 0 Å².